The summed E-state index contributed by atoms with van der Waals surface area (Å²) in [6, 6.07) is 26.2. The summed E-state index contributed by atoms with van der Waals surface area (Å²) in [6.07, 6.45) is 1.02. The van der Waals surface area contributed by atoms with Crippen LogP contribution in [0.3, 0.4) is 0 Å². The number of hydrogen-bond donors (Lipinski definition) is 3. The van der Waals surface area contributed by atoms with Gasteiger partial charge in [0.25, 0.3) is 0 Å². The molecule has 9 nitrogen and oxygen atoms in total. The summed E-state index contributed by atoms with van der Waals surface area (Å²) in [5.41, 5.74) is 2.82. The molecule has 4 unspecified atom stereocenters. The molecule has 0 saturated carbocycles. The highest BCUT2D eigenvalue weighted by atomic mass is 19.1. The van der Waals surface area contributed by atoms with Gasteiger partial charge in [-0.25, -0.2) is 13.6 Å². The van der Waals surface area contributed by atoms with Crippen molar-refractivity contribution < 1.29 is 42.9 Å². The monoisotopic (exact) mass is 684 g/mol. The van der Waals surface area contributed by atoms with Gasteiger partial charge < -0.3 is 29.9 Å². The van der Waals surface area contributed by atoms with Crippen LogP contribution in [-0.4, -0.2) is 53.4 Å². The summed E-state index contributed by atoms with van der Waals surface area (Å²) in [5, 5.41) is 22.9. The summed E-state index contributed by atoms with van der Waals surface area (Å²) in [7, 11) is 0. The molecule has 0 spiro atoms. The van der Waals surface area contributed by atoms with E-state index in [2.05, 4.69) is 5.32 Å². The Morgan fingerprint density at radius 3 is 2.14 bits per heavy atom. The van der Waals surface area contributed by atoms with Crippen molar-refractivity contribution in [2.75, 3.05) is 24.7 Å². The molecule has 3 N–H and O–H groups in total. The van der Waals surface area contributed by atoms with Crippen LogP contribution >= 0.6 is 0 Å². The maximum Gasteiger partial charge on any atom is 0.330 e. The summed E-state index contributed by atoms with van der Waals surface area (Å²) in [5.74, 6) is -3.05. The molecule has 4 aromatic rings. The van der Waals surface area contributed by atoms with Crippen molar-refractivity contribution in [2.45, 2.75) is 49.5 Å². The fourth-order valence-corrected chi connectivity index (χ4v) is 6.53. The Morgan fingerprint density at radius 2 is 1.54 bits per heavy atom. The van der Waals surface area contributed by atoms with Crippen molar-refractivity contribution in [3.63, 3.8) is 0 Å². The van der Waals surface area contributed by atoms with E-state index in [4.69, 9.17) is 9.47 Å². The number of benzene rings is 4. The van der Waals surface area contributed by atoms with Crippen LogP contribution in [0.15, 0.2) is 103 Å². The number of carboxylic acids is 1. The first-order chi connectivity index (χ1) is 24.1. The molecular weight excluding hydrogens is 646 g/mol. The molecule has 11 heteroatoms. The number of hydrogen-bond acceptors (Lipinski definition) is 6. The zero-order chi connectivity index (χ0) is 35.3. The fraction of sp³-hybridized carbons (Fsp3) is 0.308. The normalized spacial score (nSPS) is 19.2. The molecule has 0 bridgehead atoms. The molecule has 2 fully saturated rings. The number of aliphatic hydroxyl groups excluding tert-OH is 1. The molecular formula is C39H38F2N2O7. The van der Waals surface area contributed by atoms with Crippen LogP contribution in [0.25, 0.3) is 0 Å². The summed E-state index contributed by atoms with van der Waals surface area (Å²) in [4.78, 5) is 39.5. The van der Waals surface area contributed by atoms with Crippen molar-refractivity contribution in [2.24, 2.45) is 5.92 Å². The van der Waals surface area contributed by atoms with Gasteiger partial charge in [-0.2, -0.15) is 0 Å². The predicted molar refractivity (Wildman–Crippen MR) is 180 cm³/mol. The number of aliphatic hydroxyl groups is 1. The standard InChI is InChI=1S/C39H38F2N2O7/c40-29-12-10-26(11-13-29)33(44)19-18-32-36(43(37(32)46)31-16-14-30(41)15-17-31)28-8-6-25(7-9-28)20-21-39(23-49-24-39)50-22-34(45)42-35(38(47)48)27-4-2-1-3-5-27/h1-17,32-33,35-36,44H,18-24H2,(H,42,45)(H,47,48). The fourth-order valence-electron chi connectivity index (χ4n) is 6.53. The lowest BCUT2D eigenvalue weighted by molar-refractivity contribution is -0.212. The lowest BCUT2D eigenvalue weighted by Crippen LogP contribution is -2.55. The van der Waals surface area contributed by atoms with Gasteiger partial charge in [0.1, 0.15) is 23.8 Å². The van der Waals surface area contributed by atoms with Crippen LogP contribution in [-0.2, 0) is 30.3 Å². The molecule has 4 aromatic carbocycles. The van der Waals surface area contributed by atoms with Crippen molar-refractivity contribution in [1.29, 1.82) is 0 Å². The number of carbonyl (C=O) groups excluding carboxylic acids is 2. The van der Waals surface area contributed by atoms with E-state index in [1.54, 1.807) is 47.4 Å². The van der Waals surface area contributed by atoms with Crippen LogP contribution in [0.5, 0.6) is 0 Å². The number of amides is 2. The molecule has 2 amide bonds. The highest BCUT2D eigenvalue weighted by Gasteiger charge is 2.48. The highest BCUT2D eigenvalue weighted by Crippen LogP contribution is 2.46. The Balaban J connectivity index is 1.08. The molecule has 260 valence electrons. The van der Waals surface area contributed by atoms with Gasteiger partial charge in [-0.1, -0.05) is 66.7 Å². The van der Waals surface area contributed by atoms with Gasteiger partial charge in [0.2, 0.25) is 11.8 Å². The summed E-state index contributed by atoms with van der Waals surface area (Å²) >= 11 is 0. The molecule has 0 radical (unpaired) electrons. The third-order valence-corrected chi connectivity index (χ3v) is 9.44. The summed E-state index contributed by atoms with van der Waals surface area (Å²) < 4.78 is 38.5. The maximum absolute atomic E-state index is 13.7. The zero-order valence-electron chi connectivity index (χ0n) is 27.2. The van der Waals surface area contributed by atoms with Gasteiger partial charge >= 0.3 is 5.97 Å². The molecule has 2 aliphatic heterocycles. The second kappa shape index (κ2) is 15.3. The van der Waals surface area contributed by atoms with Crippen molar-refractivity contribution in [3.05, 3.63) is 137 Å². The lowest BCUT2D eigenvalue weighted by atomic mass is 9.78. The van der Waals surface area contributed by atoms with E-state index in [1.165, 1.54) is 36.4 Å². The van der Waals surface area contributed by atoms with Crippen molar-refractivity contribution in [3.8, 4) is 0 Å². The number of carboxylic acid groups (broad SMARTS) is 1. The Hall–Kier alpha value is -4.97. The van der Waals surface area contributed by atoms with E-state index < -0.39 is 47.2 Å². The number of carbonyl (C=O) groups is 3. The minimum atomic E-state index is -1.19. The van der Waals surface area contributed by atoms with Crippen molar-refractivity contribution in [1.82, 2.24) is 5.32 Å². The topological polar surface area (TPSA) is 125 Å². The van der Waals surface area contributed by atoms with E-state index >= 15 is 0 Å². The van der Waals surface area contributed by atoms with Gasteiger partial charge in [0.05, 0.1) is 31.3 Å². The molecule has 50 heavy (non-hydrogen) atoms. The Morgan fingerprint density at radius 1 is 0.900 bits per heavy atom. The lowest BCUT2D eigenvalue weighted by Gasteiger charge is -2.48. The van der Waals surface area contributed by atoms with Crippen LogP contribution < -0.4 is 10.2 Å². The SMILES string of the molecule is O=C(COC1(CCc2ccc(C3C(CCC(O)c4ccc(F)cc4)C(=O)N3c3ccc(F)cc3)cc2)COC1)NC(C(=O)O)c1ccccc1. The highest BCUT2D eigenvalue weighted by molar-refractivity contribution is 6.03. The number of β-lactam (4-membered cyclic amide) rings is 1. The minimum absolute atomic E-state index is 0.122. The number of halogens is 2. The van der Waals surface area contributed by atoms with Crippen LogP contribution in [0.2, 0.25) is 0 Å². The second-order valence-electron chi connectivity index (χ2n) is 12.8. The second-order valence-corrected chi connectivity index (χ2v) is 12.8. The molecule has 0 aromatic heterocycles. The van der Waals surface area contributed by atoms with Crippen LogP contribution in [0.1, 0.15) is 59.7 Å². The largest absolute Gasteiger partial charge is 0.479 e. The van der Waals surface area contributed by atoms with E-state index in [-0.39, 0.29) is 18.6 Å². The third kappa shape index (κ3) is 7.91. The third-order valence-electron chi connectivity index (χ3n) is 9.44. The van der Waals surface area contributed by atoms with Gasteiger partial charge in [-0.15, -0.1) is 0 Å². The zero-order valence-corrected chi connectivity index (χ0v) is 27.2. The Bertz CT molecular complexity index is 1780. The first kappa shape index (κ1) is 34.9. The first-order valence-corrected chi connectivity index (χ1v) is 16.5. The number of anilines is 1. The quantitative estimate of drug-likeness (QED) is 0.134. The van der Waals surface area contributed by atoms with E-state index in [9.17, 15) is 33.4 Å². The van der Waals surface area contributed by atoms with Gasteiger partial charge in [-0.05, 0) is 84.3 Å². The van der Waals surface area contributed by atoms with E-state index in [0.717, 1.165) is 11.1 Å². The average Bonchev–Trinajstić information content (AvgIpc) is 3.10. The predicted octanol–water partition coefficient (Wildman–Crippen LogP) is 5.84. The number of aliphatic carboxylic acids is 1. The number of aryl methyl sites for hydroxylation is 1. The maximum atomic E-state index is 13.7. The van der Waals surface area contributed by atoms with Crippen LogP contribution in [0.4, 0.5) is 14.5 Å². The minimum Gasteiger partial charge on any atom is -0.479 e. The molecule has 4 atom stereocenters. The molecule has 2 saturated heterocycles. The van der Waals surface area contributed by atoms with Gasteiger partial charge in [0.15, 0.2) is 6.04 Å². The number of nitrogens with zero attached hydrogens (tertiary/aromatic N) is 1. The molecule has 0 aliphatic carbocycles. The van der Waals surface area contributed by atoms with E-state index in [1.807, 2.05) is 24.3 Å². The number of ether oxygens (including phenoxy) is 2. The van der Waals surface area contributed by atoms with Crippen molar-refractivity contribution >= 4 is 23.5 Å². The van der Waals surface area contributed by atoms with Crippen LogP contribution in [0, 0.1) is 17.6 Å². The number of nitrogens with one attached hydrogen (secondary N) is 1. The van der Waals surface area contributed by atoms with Gasteiger partial charge in [-0.3, -0.25) is 9.59 Å². The molecule has 2 heterocycles. The summed E-state index contributed by atoms with van der Waals surface area (Å²) in [6.45, 7) is 0.300. The first-order valence-electron chi connectivity index (χ1n) is 16.5. The average molecular weight is 685 g/mol. The molecule has 6 rings (SSSR count). The van der Waals surface area contributed by atoms with Gasteiger partial charge in [0, 0.05) is 5.69 Å². The Labute approximate surface area is 288 Å². The Kier molecular flexibility index (Phi) is 10.7. The van der Waals surface area contributed by atoms with E-state index in [0.29, 0.717) is 55.7 Å². The smallest absolute Gasteiger partial charge is 0.330 e. The number of rotatable bonds is 15. The molecule has 2 aliphatic rings.